The molecule has 0 spiro atoms. The smallest absolute Gasteiger partial charge is 0.170 e. The van der Waals surface area contributed by atoms with Gasteiger partial charge in [-0.25, -0.2) is 0 Å². The molecule has 0 aromatic heterocycles. The predicted octanol–water partition coefficient (Wildman–Crippen LogP) is 4.08. The summed E-state index contributed by atoms with van der Waals surface area (Å²) in [5, 5.41) is 12.4. The summed E-state index contributed by atoms with van der Waals surface area (Å²) in [5.41, 5.74) is 1.04. The lowest BCUT2D eigenvalue weighted by Crippen LogP contribution is -2.23. The molecule has 2 aromatic rings. The van der Waals surface area contributed by atoms with Crippen LogP contribution in [0.25, 0.3) is 10.8 Å². The summed E-state index contributed by atoms with van der Waals surface area (Å²) >= 11 is 0. The Labute approximate surface area is 129 Å². The zero-order valence-corrected chi connectivity index (χ0v) is 12.5. The minimum absolute atomic E-state index is 0.0135. The van der Waals surface area contributed by atoms with Gasteiger partial charge in [-0.2, -0.15) is 0 Å². The quantitative estimate of drug-likeness (QED) is 0.868. The molecule has 3 heteroatoms. The summed E-state index contributed by atoms with van der Waals surface area (Å²) in [4.78, 5) is 24.0. The molecule has 1 aliphatic carbocycles. The van der Waals surface area contributed by atoms with Gasteiger partial charge < -0.3 is 5.11 Å². The fourth-order valence-corrected chi connectivity index (χ4v) is 3.09. The first kappa shape index (κ1) is 14.5. The van der Waals surface area contributed by atoms with Gasteiger partial charge in [0.1, 0.15) is 5.76 Å². The average Bonchev–Trinajstić information content (AvgIpc) is 2.53. The van der Waals surface area contributed by atoms with Gasteiger partial charge in [0.15, 0.2) is 11.6 Å². The van der Waals surface area contributed by atoms with Crippen LogP contribution in [-0.2, 0) is 9.59 Å². The Morgan fingerprint density at radius 2 is 1.86 bits per heavy atom. The lowest BCUT2D eigenvalue weighted by atomic mass is 9.81. The zero-order valence-electron chi connectivity index (χ0n) is 12.5. The molecular weight excluding hydrogens is 276 g/mol. The fraction of sp³-hybridized carbons (Fsp3) is 0.263. The monoisotopic (exact) mass is 294 g/mol. The number of hydrogen-bond acceptors (Lipinski definition) is 3. The van der Waals surface area contributed by atoms with Gasteiger partial charge in [0.2, 0.25) is 0 Å². The molecule has 0 heterocycles. The van der Waals surface area contributed by atoms with Crippen molar-refractivity contribution >= 4 is 22.3 Å². The first-order valence-electron chi connectivity index (χ1n) is 7.57. The molecule has 1 aliphatic rings. The second kappa shape index (κ2) is 5.76. The molecule has 0 radical (unpaired) electrons. The first-order chi connectivity index (χ1) is 10.6. The van der Waals surface area contributed by atoms with Crippen molar-refractivity contribution in [3.63, 3.8) is 0 Å². The predicted molar refractivity (Wildman–Crippen MR) is 85.9 cm³/mol. The minimum atomic E-state index is -0.264. The third-order valence-corrected chi connectivity index (χ3v) is 4.28. The summed E-state index contributed by atoms with van der Waals surface area (Å²) in [6.45, 7) is 1.70. The van der Waals surface area contributed by atoms with Crippen LogP contribution in [0.2, 0.25) is 0 Å². The average molecular weight is 294 g/mol. The highest BCUT2D eigenvalue weighted by molar-refractivity contribution is 6.21. The third-order valence-electron chi connectivity index (χ3n) is 4.28. The van der Waals surface area contributed by atoms with Gasteiger partial charge in [0, 0.05) is 19.3 Å². The molecular formula is C19H18O3. The molecule has 0 bridgehead atoms. The molecule has 0 saturated carbocycles. The maximum absolute atomic E-state index is 12.2. The van der Waals surface area contributed by atoms with Gasteiger partial charge in [-0.15, -0.1) is 0 Å². The number of carbonyl (C=O) groups is 2. The summed E-state index contributed by atoms with van der Waals surface area (Å²) < 4.78 is 0. The molecule has 0 saturated heterocycles. The number of aliphatic hydroxyl groups is 1. The zero-order chi connectivity index (χ0) is 15.7. The molecule has 0 fully saturated rings. The van der Waals surface area contributed by atoms with Crippen LogP contribution in [0.15, 0.2) is 53.8 Å². The molecule has 22 heavy (non-hydrogen) atoms. The van der Waals surface area contributed by atoms with Crippen LogP contribution in [0.3, 0.4) is 0 Å². The molecule has 1 N–H and O–H groups in total. The van der Waals surface area contributed by atoms with Crippen molar-refractivity contribution in [1.29, 1.82) is 0 Å². The normalized spacial score (nSPS) is 18.8. The number of benzene rings is 2. The molecule has 1 atom stereocenters. The van der Waals surface area contributed by atoms with Crippen LogP contribution in [-0.4, -0.2) is 16.7 Å². The van der Waals surface area contributed by atoms with Crippen molar-refractivity contribution in [3.05, 3.63) is 59.4 Å². The number of ketones is 2. The van der Waals surface area contributed by atoms with E-state index in [1.807, 2.05) is 36.4 Å². The van der Waals surface area contributed by atoms with Crippen LogP contribution < -0.4 is 0 Å². The highest BCUT2D eigenvalue weighted by Gasteiger charge is 2.31. The largest absolute Gasteiger partial charge is 0.511 e. The van der Waals surface area contributed by atoms with E-state index in [1.165, 1.54) is 0 Å². The standard InChI is InChI=1S/C19H18O3/c1-2-16(20)19-17(21)10-15(11-18(19)22)14-8-7-12-5-3-4-6-13(12)9-14/h3-9,15,21H,2,10-11H2,1H3. The van der Waals surface area contributed by atoms with Crippen LogP contribution in [0.4, 0.5) is 0 Å². The molecule has 2 aromatic carbocycles. The molecule has 0 aliphatic heterocycles. The van der Waals surface area contributed by atoms with Gasteiger partial charge in [-0.3, -0.25) is 9.59 Å². The molecule has 0 amide bonds. The van der Waals surface area contributed by atoms with Gasteiger partial charge in [-0.1, -0.05) is 49.4 Å². The van der Waals surface area contributed by atoms with Crippen LogP contribution in [0.5, 0.6) is 0 Å². The van der Waals surface area contributed by atoms with Crippen LogP contribution in [0, 0.1) is 0 Å². The second-order valence-corrected chi connectivity index (χ2v) is 5.73. The lowest BCUT2D eigenvalue weighted by Gasteiger charge is -2.23. The van der Waals surface area contributed by atoms with Crippen molar-refractivity contribution in [2.24, 2.45) is 0 Å². The van der Waals surface area contributed by atoms with Gasteiger partial charge in [-0.05, 0) is 22.3 Å². The second-order valence-electron chi connectivity index (χ2n) is 5.73. The SMILES string of the molecule is CCC(=O)C1=C(O)CC(c2ccc3ccccc3c2)CC1=O. The fourth-order valence-electron chi connectivity index (χ4n) is 3.09. The van der Waals surface area contributed by atoms with E-state index in [4.69, 9.17) is 0 Å². The number of fused-ring (bicyclic) bond motifs is 1. The van der Waals surface area contributed by atoms with Crippen molar-refractivity contribution in [2.45, 2.75) is 32.1 Å². The van der Waals surface area contributed by atoms with Crippen LogP contribution >= 0.6 is 0 Å². The van der Waals surface area contributed by atoms with Crippen molar-refractivity contribution in [3.8, 4) is 0 Å². The van der Waals surface area contributed by atoms with Crippen molar-refractivity contribution in [2.75, 3.05) is 0 Å². The third kappa shape index (κ3) is 2.54. The molecule has 3 rings (SSSR count). The molecule has 1 unspecified atom stereocenters. The van der Waals surface area contributed by atoms with E-state index in [-0.39, 0.29) is 41.7 Å². The van der Waals surface area contributed by atoms with Gasteiger partial charge >= 0.3 is 0 Å². The topological polar surface area (TPSA) is 54.4 Å². The summed E-state index contributed by atoms with van der Waals surface area (Å²) in [7, 11) is 0. The Balaban J connectivity index is 1.95. The Morgan fingerprint density at radius 1 is 1.14 bits per heavy atom. The summed E-state index contributed by atoms with van der Waals surface area (Å²) in [6, 6.07) is 14.1. The Morgan fingerprint density at radius 3 is 2.55 bits per heavy atom. The van der Waals surface area contributed by atoms with E-state index in [0.717, 1.165) is 16.3 Å². The highest BCUT2D eigenvalue weighted by atomic mass is 16.3. The van der Waals surface area contributed by atoms with E-state index in [9.17, 15) is 14.7 Å². The molecule has 3 nitrogen and oxygen atoms in total. The number of hydrogen-bond donors (Lipinski definition) is 1. The molecule has 112 valence electrons. The van der Waals surface area contributed by atoms with E-state index in [1.54, 1.807) is 6.92 Å². The first-order valence-corrected chi connectivity index (χ1v) is 7.57. The maximum atomic E-state index is 12.2. The van der Waals surface area contributed by atoms with Crippen molar-refractivity contribution in [1.82, 2.24) is 0 Å². The van der Waals surface area contributed by atoms with E-state index in [0.29, 0.717) is 6.42 Å². The van der Waals surface area contributed by atoms with Crippen molar-refractivity contribution < 1.29 is 14.7 Å². The Kier molecular flexibility index (Phi) is 3.80. The Bertz CT molecular complexity index is 786. The van der Waals surface area contributed by atoms with Crippen LogP contribution in [0.1, 0.15) is 37.7 Å². The van der Waals surface area contributed by atoms with E-state index >= 15 is 0 Å². The Hall–Kier alpha value is -2.42. The number of Topliss-reactive ketones (excluding diaryl/α,β-unsaturated/α-hetero) is 2. The van der Waals surface area contributed by atoms with Gasteiger partial charge in [0.05, 0.1) is 5.57 Å². The van der Waals surface area contributed by atoms with Gasteiger partial charge in [0.25, 0.3) is 0 Å². The number of aliphatic hydroxyl groups excluding tert-OH is 1. The number of allylic oxidation sites excluding steroid dienone is 2. The minimum Gasteiger partial charge on any atom is -0.511 e. The van der Waals surface area contributed by atoms with E-state index in [2.05, 4.69) is 6.07 Å². The number of carbonyl (C=O) groups excluding carboxylic acids is 2. The van der Waals surface area contributed by atoms with E-state index < -0.39 is 0 Å². The highest BCUT2D eigenvalue weighted by Crippen LogP contribution is 2.35. The number of rotatable bonds is 3. The lowest BCUT2D eigenvalue weighted by molar-refractivity contribution is -0.122. The summed E-state index contributed by atoms with van der Waals surface area (Å²) in [5.74, 6) is -0.625. The summed E-state index contributed by atoms with van der Waals surface area (Å²) in [6.07, 6.45) is 0.875. The maximum Gasteiger partial charge on any atom is 0.170 e.